The van der Waals surface area contributed by atoms with Crippen LogP contribution in [0.4, 0.5) is 0 Å². The number of hydrogen-bond acceptors (Lipinski definition) is 2. The van der Waals surface area contributed by atoms with Gasteiger partial charge in [0, 0.05) is 44.0 Å². The van der Waals surface area contributed by atoms with Gasteiger partial charge >= 0.3 is 0 Å². The average Bonchev–Trinajstić information content (AvgIpc) is 3.84. The number of aromatic nitrogens is 2. The Morgan fingerprint density at radius 2 is 1.13 bits per heavy atom. The molecule has 0 saturated carbocycles. The van der Waals surface area contributed by atoms with Crippen LogP contribution >= 0.6 is 0 Å². The Bertz CT molecular complexity index is 3000. The molecule has 1 aliphatic rings. The molecule has 3 heterocycles. The lowest BCUT2D eigenvalue weighted by Crippen LogP contribution is -2.15. The van der Waals surface area contributed by atoms with E-state index in [9.17, 15) is 0 Å². The normalized spacial score (nSPS) is 13.2. The van der Waals surface area contributed by atoms with Crippen LogP contribution in [-0.2, 0) is 5.41 Å². The van der Waals surface area contributed by atoms with Crippen molar-refractivity contribution in [1.29, 1.82) is 0 Å². The Hall–Kier alpha value is -6.71. The fraction of sp³-hybridized carbons (Fsp3) is 0.0600. The van der Waals surface area contributed by atoms with Crippen LogP contribution < -0.4 is 0 Å². The zero-order valence-corrected chi connectivity index (χ0v) is 29.5. The minimum absolute atomic E-state index is 0.223. The second-order valence-corrected chi connectivity index (χ2v) is 14.7. The van der Waals surface area contributed by atoms with Crippen LogP contribution in [0.2, 0.25) is 0 Å². The van der Waals surface area contributed by atoms with Crippen LogP contribution in [0.25, 0.3) is 94.2 Å². The van der Waals surface area contributed by atoms with E-state index in [2.05, 4.69) is 176 Å². The molecule has 7 aromatic carbocycles. The van der Waals surface area contributed by atoms with Crippen molar-refractivity contribution in [3.05, 3.63) is 181 Å². The summed E-state index contributed by atoms with van der Waals surface area (Å²) in [6, 6.07) is 60.7. The molecule has 3 heteroatoms. The third kappa shape index (κ3) is 4.31. The predicted molar refractivity (Wildman–Crippen MR) is 220 cm³/mol. The second kappa shape index (κ2) is 11.1. The fourth-order valence-corrected chi connectivity index (χ4v) is 8.95. The van der Waals surface area contributed by atoms with E-state index in [0.717, 1.165) is 55.9 Å². The number of furan rings is 1. The van der Waals surface area contributed by atoms with Crippen LogP contribution in [0.5, 0.6) is 0 Å². The minimum atomic E-state index is -0.223. The molecule has 0 bridgehead atoms. The van der Waals surface area contributed by atoms with Crippen molar-refractivity contribution in [3.63, 3.8) is 0 Å². The number of pyridine rings is 1. The standard InChI is InChI=1S/C50H34N2O/c1-50(2)39-22-12-9-19-36(39)44-45-37-20-10-13-23-42(37)52(48(45)46-38-21-11-14-24-43(38)53-49(46)47(44)50)35-27-25-31(26-28-35)34-29-40(32-15-5-3-6-16-32)51-41(30-34)33-17-7-4-8-18-33/h3-30H,1-2H3. The van der Waals surface area contributed by atoms with E-state index in [0.29, 0.717) is 0 Å². The summed E-state index contributed by atoms with van der Waals surface area (Å²) in [6.07, 6.45) is 0. The maximum Gasteiger partial charge on any atom is 0.142 e. The molecule has 0 radical (unpaired) electrons. The van der Waals surface area contributed by atoms with E-state index in [-0.39, 0.29) is 5.41 Å². The van der Waals surface area contributed by atoms with Crippen LogP contribution in [0.15, 0.2) is 174 Å². The van der Waals surface area contributed by atoms with Crippen LogP contribution in [0, 0.1) is 0 Å². The summed E-state index contributed by atoms with van der Waals surface area (Å²) >= 11 is 0. The SMILES string of the molecule is CC1(C)c2ccccc2-c2c1c1oc3ccccc3c1c1c2c2ccccc2n1-c1ccc(-c2cc(-c3ccccc3)nc(-c3ccccc3)c2)cc1. The highest BCUT2D eigenvalue weighted by molar-refractivity contribution is 6.30. The monoisotopic (exact) mass is 678 g/mol. The van der Waals surface area contributed by atoms with Crippen molar-refractivity contribution in [2.45, 2.75) is 19.3 Å². The van der Waals surface area contributed by atoms with E-state index in [1.54, 1.807) is 0 Å². The maximum atomic E-state index is 6.91. The third-order valence-electron chi connectivity index (χ3n) is 11.4. The highest BCUT2D eigenvalue weighted by atomic mass is 16.3. The Kier molecular flexibility index (Phi) is 6.30. The molecule has 0 atom stereocenters. The first kappa shape index (κ1) is 30.0. The Labute approximate surface area is 307 Å². The van der Waals surface area contributed by atoms with Crippen molar-refractivity contribution in [1.82, 2.24) is 9.55 Å². The molecule has 0 N–H and O–H groups in total. The molecular weight excluding hydrogens is 645 g/mol. The van der Waals surface area contributed by atoms with Crippen LogP contribution in [0.3, 0.4) is 0 Å². The number of hydrogen-bond donors (Lipinski definition) is 0. The highest BCUT2D eigenvalue weighted by Crippen LogP contribution is 2.57. The van der Waals surface area contributed by atoms with Gasteiger partial charge in [0.05, 0.1) is 27.8 Å². The van der Waals surface area contributed by atoms with Gasteiger partial charge in [0.15, 0.2) is 0 Å². The number of rotatable bonds is 4. The first-order valence-electron chi connectivity index (χ1n) is 18.3. The Morgan fingerprint density at radius 1 is 0.528 bits per heavy atom. The summed E-state index contributed by atoms with van der Waals surface area (Å²) in [6.45, 7) is 4.69. The molecule has 0 saturated heterocycles. The molecule has 0 unspecified atom stereocenters. The molecule has 1 aliphatic carbocycles. The van der Waals surface area contributed by atoms with Gasteiger partial charge in [-0.2, -0.15) is 0 Å². The summed E-state index contributed by atoms with van der Waals surface area (Å²) in [5.41, 5.74) is 16.7. The molecule has 11 rings (SSSR count). The van der Waals surface area contributed by atoms with E-state index in [4.69, 9.17) is 9.40 Å². The first-order valence-corrected chi connectivity index (χ1v) is 18.3. The van der Waals surface area contributed by atoms with Gasteiger partial charge in [-0.1, -0.05) is 147 Å². The van der Waals surface area contributed by atoms with Gasteiger partial charge in [0.25, 0.3) is 0 Å². The van der Waals surface area contributed by atoms with Gasteiger partial charge in [-0.3, -0.25) is 0 Å². The van der Waals surface area contributed by atoms with Gasteiger partial charge in [0.2, 0.25) is 0 Å². The van der Waals surface area contributed by atoms with Gasteiger partial charge in [-0.05, 0) is 64.2 Å². The summed E-state index contributed by atoms with van der Waals surface area (Å²) < 4.78 is 9.37. The quantitative estimate of drug-likeness (QED) is 0.185. The van der Waals surface area contributed by atoms with E-state index >= 15 is 0 Å². The molecule has 0 amide bonds. The average molecular weight is 679 g/mol. The van der Waals surface area contributed by atoms with Gasteiger partial charge < -0.3 is 8.98 Å². The van der Waals surface area contributed by atoms with Crippen LogP contribution in [0.1, 0.15) is 25.0 Å². The second-order valence-electron chi connectivity index (χ2n) is 14.7. The molecule has 250 valence electrons. The number of nitrogens with zero attached hydrogens (tertiary/aromatic N) is 2. The molecule has 3 aromatic heterocycles. The lowest BCUT2D eigenvalue weighted by Gasteiger charge is -2.22. The topological polar surface area (TPSA) is 31.0 Å². The van der Waals surface area contributed by atoms with Crippen molar-refractivity contribution in [2.24, 2.45) is 0 Å². The molecule has 0 aliphatic heterocycles. The van der Waals surface area contributed by atoms with Crippen molar-refractivity contribution in [2.75, 3.05) is 0 Å². The predicted octanol–water partition coefficient (Wildman–Crippen LogP) is 13.4. The highest BCUT2D eigenvalue weighted by Gasteiger charge is 2.41. The molecule has 53 heavy (non-hydrogen) atoms. The third-order valence-corrected chi connectivity index (χ3v) is 11.4. The van der Waals surface area contributed by atoms with E-state index < -0.39 is 0 Å². The molecule has 10 aromatic rings. The number of fused-ring (bicyclic) bond motifs is 12. The number of benzene rings is 7. The van der Waals surface area contributed by atoms with Gasteiger partial charge in [-0.15, -0.1) is 0 Å². The minimum Gasteiger partial charge on any atom is -0.456 e. The largest absolute Gasteiger partial charge is 0.456 e. The Morgan fingerprint density at radius 3 is 1.85 bits per heavy atom. The van der Waals surface area contributed by atoms with Crippen molar-refractivity contribution in [3.8, 4) is 50.5 Å². The lowest BCUT2D eigenvalue weighted by molar-refractivity contribution is 0.620. The first-order chi connectivity index (χ1) is 26.1. The summed E-state index contributed by atoms with van der Waals surface area (Å²) in [4.78, 5) is 5.12. The zero-order valence-electron chi connectivity index (χ0n) is 29.5. The molecule has 0 fully saturated rings. The molecule has 0 spiro atoms. The summed E-state index contributed by atoms with van der Waals surface area (Å²) in [5, 5.41) is 4.84. The summed E-state index contributed by atoms with van der Waals surface area (Å²) in [7, 11) is 0. The maximum absolute atomic E-state index is 6.91. The van der Waals surface area contributed by atoms with Crippen molar-refractivity contribution >= 4 is 43.7 Å². The Balaban J connectivity index is 1.18. The van der Waals surface area contributed by atoms with Gasteiger partial charge in [0.1, 0.15) is 11.2 Å². The fourth-order valence-electron chi connectivity index (χ4n) is 8.95. The summed E-state index contributed by atoms with van der Waals surface area (Å²) in [5.74, 6) is 0. The van der Waals surface area contributed by atoms with Gasteiger partial charge in [-0.25, -0.2) is 4.98 Å². The molecule has 3 nitrogen and oxygen atoms in total. The van der Waals surface area contributed by atoms with E-state index in [1.807, 2.05) is 12.1 Å². The smallest absolute Gasteiger partial charge is 0.142 e. The lowest BCUT2D eigenvalue weighted by atomic mass is 9.81. The zero-order chi connectivity index (χ0) is 35.3. The van der Waals surface area contributed by atoms with E-state index in [1.165, 1.54) is 49.4 Å². The van der Waals surface area contributed by atoms with Crippen molar-refractivity contribution < 1.29 is 4.42 Å². The van der Waals surface area contributed by atoms with Crippen LogP contribution in [-0.4, -0.2) is 9.55 Å². The number of para-hydroxylation sites is 2. The molecular formula is C50H34N2O.